The number of phenols is 2. The minimum atomic E-state index is -0.191. The van der Waals surface area contributed by atoms with Gasteiger partial charge in [-0.1, -0.05) is 38.3 Å². The predicted octanol–water partition coefficient (Wildman–Crippen LogP) is 3.76. The first-order valence-electron chi connectivity index (χ1n) is 6.29. The maximum absolute atomic E-state index is 9.68. The molecule has 0 bridgehead atoms. The molecule has 0 aromatic heterocycles. The summed E-state index contributed by atoms with van der Waals surface area (Å²) >= 11 is 0. The third kappa shape index (κ3) is 4.27. The SMILES string of the molecule is CCCCCCOC(C)c1cccc(O)c1O. The zero-order valence-corrected chi connectivity index (χ0v) is 10.6. The van der Waals surface area contributed by atoms with Crippen LogP contribution in [0, 0.1) is 0 Å². The molecule has 0 amide bonds. The van der Waals surface area contributed by atoms with Crippen molar-refractivity contribution in [2.45, 2.75) is 45.6 Å². The van der Waals surface area contributed by atoms with Gasteiger partial charge in [0.25, 0.3) is 0 Å². The molecule has 3 heteroatoms. The lowest BCUT2D eigenvalue weighted by Crippen LogP contribution is -2.02. The van der Waals surface area contributed by atoms with Crippen LogP contribution in [-0.2, 0) is 4.74 Å². The highest BCUT2D eigenvalue weighted by atomic mass is 16.5. The van der Waals surface area contributed by atoms with Crippen molar-refractivity contribution in [3.63, 3.8) is 0 Å². The van der Waals surface area contributed by atoms with Crippen molar-refractivity contribution in [1.82, 2.24) is 0 Å². The summed E-state index contributed by atoms with van der Waals surface area (Å²) in [5.41, 5.74) is 0.639. The summed E-state index contributed by atoms with van der Waals surface area (Å²) in [4.78, 5) is 0. The molecule has 0 fully saturated rings. The number of hydrogen-bond acceptors (Lipinski definition) is 3. The van der Waals surface area contributed by atoms with Gasteiger partial charge in [0.2, 0.25) is 0 Å². The third-order valence-corrected chi connectivity index (χ3v) is 2.85. The Hall–Kier alpha value is -1.22. The lowest BCUT2D eigenvalue weighted by molar-refractivity contribution is 0.0609. The molecule has 17 heavy (non-hydrogen) atoms. The molecule has 1 unspecified atom stereocenters. The maximum Gasteiger partial charge on any atom is 0.163 e. The van der Waals surface area contributed by atoms with Crippen molar-refractivity contribution in [2.75, 3.05) is 6.61 Å². The number of hydrogen-bond donors (Lipinski definition) is 2. The van der Waals surface area contributed by atoms with Gasteiger partial charge in [-0.15, -0.1) is 0 Å². The van der Waals surface area contributed by atoms with E-state index in [-0.39, 0.29) is 17.6 Å². The summed E-state index contributed by atoms with van der Waals surface area (Å²) in [6.07, 6.45) is 4.47. The molecule has 1 aromatic carbocycles. The summed E-state index contributed by atoms with van der Waals surface area (Å²) in [6.45, 7) is 4.75. The fraction of sp³-hybridized carbons (Fsp3) is 0.571. The van der Waals surface area contributed by atoms with Crippen LogP contribution in [0.1, 0.15) is 51.2 Å². The van der Waals surface area contributed by atoms with Gasteiger partial charge >= 0.3 is 0 Å². The molecule has 0 heterocycles. The first kappa shape index (κ1) is 13.8. The van der Waals surface area contributed by atoms with Crippen molar-refractivity contribution in [2.24, 2.45) is 0 Å². The van der Waals surface area contributed by atoms with Crippen molar-refractivity contribution < 1.29 is 14.9 Å². The Morgan fingerprint density at radius 3 is 2.65 bits per heavy atom. The Morgan fingerprint density at radius 2 is 1.94 bits per heavy atom. The van der Waals surface area contributed by atoms with E-state index in [1.165, 1.54) is 25.3 Å². The summed E-state index contributed by atoms with van der Waals surface area (Å²) < 4.78 is 5.64. The molecule has 0 aliphatic rings. The van der Waals surface area contributed by atoms with Crippen molar-refractivity contribution in [3.05, 3.63) is 23.8 Å². The molecular weight excluding hydrogens is 216 g/mol. The Balaban J connectivity index is 2.41. The fourth-order valence-corrected chi connectivity index (χ4v) is 1.76. The van der Waals surface area contributed by atoms with E-state index in [0.29, 0.717) is 12.2 Å². The average molecular weight is 238 g/mol. The van der Waals surface area contributed by atoms with E-state index in [1.54, 1.807) is 12.1 Å². The van der Waals surface area contributed by atoms with E-state index >= 15 is 0 Å². The van der Waals surface area contributed by atoms with Crippen molar-refractivity contribution in [3.8, 4) is 11.5 Å². The van der Waals surface area contributed by atoms with Crippen molar-refractivity contribution in [1.29, 1.82) is 0 Å². The van der Waals surface area contributed by atoms with E-state index in [2.05, 4.69) is 6.92 Å². The fourth-order valence-electron chi connectivity index (χ4n) is 1.76. The van der Waals surface area contributed by atoms with Gasteiger partial charge in [0.05, 0.1) is 6.10 Å². The molecule has 0 spiro atoms. The van der Waals surface area contributed by atoms with Gasteiger partial charge in [-0.3, -0.25) is 0 Å². The van der Waals surface area contributed by atoms with Gasteiger partial charge < -0.3 is 14.9 Å². The summed E-state index contributed by atoms with van der Waals surface area (Å²) in [5, 5.41) is 19.1. The zero-order chi connectivity index (χ0) is 12.7. The van der Waals surface area contributed by atoms with Gasteiger partial charge in [0.1, 0.15) is 0 Å². The highest BCUT2D eigenvalue weighted by Gasteiger charge is 2.12. The number of ether oxygens (including phenoxy) is 1. The van der Waals surface area contributed by atoms with Crippen LogP contribution in [0.5, 0.6) is 11.5 Å². The van der Waals surface area contributed by atoms with Gasteiger partial charge in [-0.2, -0.15) is 0 Å². The summed E-state index contributed by atoms with van der Waals surface area (Å²) in [6, 6.07) is 4.94. The Bertz CT molecular complexity index is 336. The molecule has 0 saturated heterocycles. The van der Waals surface area contributed by atoms with E-state index in [1.807, 2.05) is 6.92 Å². The lowest BCUT2D eigenvalue weighted by atomic mass is 10.1. The highest BCUT2D eigenvalue weighted by molar-refractivity contribution is 5.45. The van der Waals surface area contributed by atoms with Gasteiger partial charge in [-0.05, 0) is 19.4 Å². The van der Waals surface area contributed by atoms with Crippen LogP contribution in [-0.4, -0.2) is 16.8 Å². The first-order valence-corrected chi connectivity index (χ1v) is 6.29. The van der Waals surface area contributed by atoms with Crippen LogP contribution in [0.2, 0.25) is 0 Å². The average Bonchev–Trinajstić information content (AvgIpc) is 2.32. The van der Waals surface area contributed by atoms with Crippen LogP contribution in [0.25, 0.3) is 0 Å². The topological polar surface area (TPSA) is 49.7 Å². The molecule has 1 rings (SSSR count). The predicted molar refractivity (Wildman–Crippen MR) is 68.3 cm³/mol. The van der Waals surface area contributed by atoms with Crippen LogP contribution >= 0.6 is 0 Å². The smallest absolute Gasteiger partial charge is 0.163 e. The van der Waals surface area contributed by atoms with Crippen LogP contribution < -0.4 is 0 Å². The standard InChI is InChI=1S/C14H22O3/c1-3-4-5-6-10-17-11(2)12-8-7-9-13(15)14(12)16/h7-9,11,15-16H,3-6,10H2,1-2H3. The quantitative estimate of drug-likeness (QED) is 0.561. The number of phenolic OH excluding ortho intramolecular Hbond substituents is 2. The molecule has 0 radical (unpaired) electrons. The third-order valence-electron chi connectivity index (χ3n) is 2.85. The Morgan fingerprint density at radius 1 is 1.18 bits per heavy atom. The minimum absolute atomic E-state index is 0.0754. The van der Waals surface area contributed by atoms with Crippen LogP contribution in [0.3, 0.4) is 0 Å². The Kier molecular flexibility index (Phi) is 5.84. The van der Waals surface area contributed by atoms with Crippen LogP contribution in [0.4, 0.5) is 0 Å². The maximum atomic E-state index is 9.68. The van der Waals surface area contributed by atoms with Crippen LogP contribution in [0.15, 0.2) is 18.2 Å². The molecule has 1 atom stereocenters. The van der Waals surface area contributed by atoms with Gasteiger partial charge in [-0.25, -0.2) is 0 Å². The number of aromatic hydroxyl groups is 2. The minimum Gasteiger partial charge on any atom is -0.504 e. The lowest BCUT2D eigenvalue weighted by Gasteiger charge is -2.15. The van der Waals surface area contributed by atoms with E-state index < -0.39 is 0 Å². The van der Waals surface area contributed by atoms with E-state index in [0.717, 1.165) is 6.42 Å². The van der Waals surface area contributed by atoms with Crippen molar-refractivity contribution >= 4 is 0 Å². The summed E-state index contributed by atoms with van der Waals surface area (Å²) in [5.74, 6) is -0.169. The molecule has 96 valence electrons. The number of rotatable bonds is 7. The molecule has 0 aliphatic heterocycles. The first-order chi connectivity index (χ1) is 8.16. The molecular formula is C14H22O3. The van der Waals surface area contributed by atoms with Gasteiger partial charge in [0, 0.05) is 12.2 Å². The second-order valence-electron chi connectivity index (χ2n) is 4.29. The van der Waals surface area contributed by atoms with E-state index in [4.69, 9.17) is 4.74 Å². The number of unbranched alkanes of at least 4 members (excludes halogenated alkanes) is 3. The molecule has 3 nitrogen and oxygen atoms in total. The highest BCUT2D eigenvalue weighted by Crippen LogP contribution is 2.33. The zero-order valence-electron chi connectivity index (χ0n) is 10.6. The molecule has 1 aromatic rings. The monoisotopic (exact) mass is 238 g/mol. The summed E-state index contributed by atoms with van der Waals surface area (Å²) in [7, 11) is 0. The Labute approximate surface area is 103 Å². The second-order valence-corrected chi connectivity index (χ2v) is 4.29. The second kappa shape index (κ2) is 7.17. The normalized spacial score (nSPS) is 12.6. The molecule has 2 N–H and O–H groups in total. The number of benzene rings is 1. The van der Waals surface area contributed by atoms with Gasteiger partial charge in [0.15, 0.2) is 11.5 Å². The van der Waals surface area contributed by atoms with E-state index in [9.17, 15) is 10.2 Å². The molecule has 0 saturated carbocycles. The largest absolute Gasteiger partial charge is 0.504 e. The molecule has 0 aliphatic carbocycles. The number of para-hydroxylation sites is 1.